The fourth-order valence-corrected chi connectivity index (χ4v) is 1.95. The van der Waals surface area contributed by atoms with Crippen molar-refractivity contribution in [2.24, 2.45) is 0 Å². The first kappa shape index (κ1) is 12.9. The third-order valence-electron chi connectivity index (χ3n) is 2.93. The van der Waals surface area contributed by atoms with Crippen LogP contribution in [0.4, 0.5) is 17.1 Å². The Labute approximate surface area is 120 Å². The molecule has 2 aromatic rings. The second kappa shape index (κ2) is 5.12. The molecular formula is C14H12N4O3. The number of fused-ring (bicyclic) bond motifs is 1. The van der Waals surface area contributed by atoms with Crippen molar-refractivity contribution in [3.63, 3.8) is 0 Å². The molecule has 0 unspecified atom stereocenters. The third kappa shape index (κ3) is 2.62. The summed E-state index contributed by atoms with van der Waals surface area (Å²) in [6, 6.07) is 8.20. The number of benzene rings is 1. The number of rotatable bonds is 2. The number of nitrogen functional groups attached to an aromatic ring is 1. The minimum atomic E-state index is -0.409. The van der Waals surface area contributed by atoms with Gasteiger partial charge in [0.2, 0.25) is 0 Å². The average molecular weight is 284 g/mol. The van der Waals surface area contributed by atoms with Gasteiger partial charge in [0.25, 0.3) is 11.8 Å². The molecule has 2 amide bonds. The van der Waals surface area contributed by atoms with Crippen molar-refractivity contribution >= 4 is 28.9 Å². The summed E-state index contributed by atoms with van der Waals surface area (Å²) >= 11 is 0. The zero-order chi connectivity index (χ0) is 14.8. The Morgan fingerprint density at radius 2 is 2.24 bits per heavy atom. The van der Waals surface area contributed by atoms with Gasteiger partial charge in [0.15, 0.2) is 12.3 Å². The molecular weight excluding hydrogens is 272 g/mol. The van der Waals surface area contributed by atoms with E-state index in [0.717, 1.165) is 0 Å². The number of anilines is 3. The fourth-order valence-electron chi connectivity index (χ4n) is 1.95. The molecule has 3 rings (SSSR count). The Morgan fingerprint density at radius 1 is 1.38 bits per heavy atom. The van der Waals surface area contributed by atoms with E-state index in [2.05, 4.69) is 15.6 Å². The van der Waals surface area contributed by atoms with Crippen LogP contribution in [0.1, 0.15) is 10.5 Å². The van der Waals surface area contributed by atoms with Gasteiger partial charge in [-0.1, -0.05) is 0 Å². The zero-order valence-electron chi connectivity index (χ0n) is 10.9. The minimum absolute atomic E-state index is 0.0441. The number of nitrogens with zero attached hydrogens (tertiary/aromatic N) is 1. The highest BCUT2D eigenvalue weighted by molar-refractivity contribution is 6.06. The molecule has 0 fully saturated rings. The Balaban J connectivity index is 1.81. The highest BCUT2D eigenvalue weighted by Gasteiger charge is 2.17. The highest BCUT2D eigenvalue weighted by atomic mass is 16.5. The summed E-state index contributed by atoms with van der Waals surface area (Å²) < 4.78 is 5.28. The Kier molecular flexibility index (Phi) is 3.15. The standard InChI is InChI=1S/C14H12N4O3/c15-9-2-1-5-16-13(9)14(20)17-8-3-4-10-11(6-8)21-7-12(19)18-10/h1-6H,7,15H2,(H,17,20)(H,18,19). The van der Waals surface area contributed by atoms with Crippen LogP contribution in [-0.2, 0) is 4.79 Å². The predicted octanol–water partition coefficient (Wildman–Crippen LogP) is 1.25. The molecule has 0 radical (unpaired) electrons. The molecule has 1 aromatic carbocycles. The monoisotopic (exact) mass is 284 g/mol. The van der Waals surface area contributed by atoms with Crippen molar-refractivity contribution in [1.29, 1.82) is 0 Å². The average Bonchev–Trinajstić information content (AvgIpc) is 2.48. The summed E-state index contributed by atoms with van der Waals surface area (Å²) in [7, 11) is 0. The molecule has 2 heterocycles. The van der Waals surface area contributed by atoms with Crippen molar-refractivity contribution in [2.45, 2.75) is 0 Å². The molecule has 7 nitrogen and oxygen atoms in total. The number of hydrogen-bond acceptors (Lipinski definition) is 5. The molecule has 0 bridgehead atoms. The van der Waals surface area contributed by atoms with Gasteiger partial charge in [0.05, 0.1) is 11.4 Å². The van der Waals surface area contributed by atoms with Gasteiger partial charge < -0.3 is 21.1 Å². The van der Waals surface area contributed by atoms with Crippen LogP contribution in [0.25, 0.3) is 0 Å². The van der Waals surface area contributed by atoms with E-state index in [4.69, 9.17) is 10.5 Å². The lowest BCUT2D eigenvalue weighted by molar-refractivity contribution is -0.118. The number of pyridine rings is 1. The van der Waals surface area contributed by atoms with E-state index in [9.17, 15) is 9.59 Å². The SMILES string of the molecule is Nc1cccnc1C(=O)Nc1ccc2c(c1)OCC(=O)N2. The molecule has 0 spiro atoms. The highest BCUT2D eigenvalue weighted by Crippen LogP contribution is 2.30. The summed E-state index contributed by atoms with van der Waals surface area (Å²) in [5, 5.41) is 5.36. The summed E-state index contributed by atoms with van der Waals surface area (Å²) in [6.07, 6.45) is 1.50. The summed E-state index contributed by atoms with van der Waals surface area (Å²) in [5.74, 6) is -0.116. The molecule has 21 heavy (non-hydrogen) atoms. The van der Waals surface area contributed by atoms with Gasteiger partial charge in [0, 0.05) is 18.0 Å². The number of amides is 2. The van der Waals surface area contributed by atoms with Crippen molar-refractivity contribution in [3.8, 4) is 5.75 Å². The Bertz CT molecular complexity index is 730. The molecule has 0 saturated heterocycles. The first-order chi connectivity index (χ1) is 10.1. The molecule has 1 aliphatic rings. The lowest BCUT2D eigenvalue weighted by Gasteiger charge is -2.18. The molecule has 0 aliphatic carbocycles. The van der Waals surface area contributed by atoms with E-state index in [-0.39, 0.29) is 18.2 Å². The Morgan fingerprint density at radius 3 is 3.05 bits per heavy atom. The summed E-state index contributed by atoms with van der Waals surface area (Å²) in [5.41, 5.74) is 7.26. The van der Waals surface area contributed by atoms with Crippen LogP contribution in [-0.4, -0.2) is 23.4 Å². The number of ether oxygens (including phenoxy) is 1. The summed E-state index contributed by atoms with van der Waals surface area (Å²) in [6.45, 7) is -0.0441. The largest absolute Gasteiger partial charge is 0.482 e. The van der Waals surface area contributed by atoms with Crippen LogP contribution in [0.2, 0.25) is 0 Å². The minimum Gasteiger partial charge on any atom is -0.482 e. The van der Waals surface area contributed by atoms with Gasteiger partial charge >= 0.3 is 0 Å². The van der Waals surface area contributed by atoms with E-state index in [1.165, 1.54) is 6.20 Å². The molecule has 0 saturated carbocycles. The van der Waals surface area contributed by atoms with Gasteiger partial charge in [-0.05, 0) is 24.3 Å². The van der Waals surface area contributed by atoms with Crippen LogP contribution < -0.4 is 21.1 Å². The van der Waals surface area contributed by atoms with Crippen LogP contribution in [0, 0.1) is 0 Å². The molecule has 7 heteroatoms. The first-order valence-corrected chi connectivity index (χ1v) is 6.22. The van der Waals surface area contributed by atoms with E-state index in [1.807, 2.05) is 0 Å². The van der Waals surface area contributed by atoms with Crippen molar-refractivity contribution in [3.05, 3.63) is 42.2 Å². The maximum atomic E-state index is 12.1. The molecule has 1 aliphatic heterocycles. The van der Waals surface area contributed by atoms with E-state index in [0.29, 0.717) is 22.8 Å². The van der Waals surface area contributed by atoms with Crippen molar-refractivity contribution in [2.75, 3.05) is 23.0 Å². The van der Waals surface area contributed by atoms with Crippen molar-refractivity contribution < 1.29 is 14.3 Å². The molecule has 1 aromatic heterocycles. The summed E-state index contributed by atoms with van der Waals surface area (Å²) in [4.78, 5) is 27.2. The molecule has 106 valence electrons. The van der Waals surface area contributed by atoms with Crippen molar-refractivity contribution in [1.82, 2.24) is 4.98 Å². The number of carbonyl (C=O) groups excluding carboxylic acids is 2. The molecule has 0 atom stereocenters. The zero-order valence-corrected chi connectivity index (χ0v) is 10.9. The van der Waals surface area contributed by atoms with E-state index in [1.54, 1.807) is 30.3 Å². The Hall–Kier alpha value is -3.09. The predicted molar refractivity (Wildman–Crippen MR) is 77.2 cm³/mol. The lowest BCUT2D eigenvalue weighted by Crippen LogP contribution is -2.25. The number of nitrogens with one attached hydrogen (secondary N) is 2. The number of hydrogen-bond donors (Lipinski definition) is 3. The second-order valence-corrected chi connectivity index (χ2v) is 4.44. The lowest BCUT2D eigenvalue weighted by atomic mass is 10.2. The van der Waals surface area contributed by atoms with Gasteiger partial charge in [-0.3, -0.25) is 9.59 Å². The van der Waals surface area contributed by atoms with E-state index >= 15 is 0 Å². The smallest absolute Gasteiger partial charge is 0.276 e. The topological polar surface area (TPSA) is 106 Å². The second-order valence-electron chi connectivity index (χ2n) is 4.44. The van der Waals surface area contributed by atoms with Crippen LogP contribution in [0.15, 0.2) is 36.5 Å². The maximum absolute atomic E-state index is 12.1. The van der Waals surface area contributed by atoms with Gasteiger partial charge in [-0.2, -0.15) is 0 Å². The number of nitrogens with two attached hydrogens (primary N) is 1. The van der Waals surface area contributed by atoms with E-state index < -0.39 is 5.91 Å². The van der Waals surface area contributed by atoms with Gasteiger partial charge in [-0.15, -0.1) is 0 Å². The van der Waals surface area contributed by atoms with Gasteiger partial charge in [0.1, 0.15) is 5.75 Å². The first-order valence-electron chi connectivity index (χ1n) is 6.22. The number of aromatic nitrogens is 1. The maximum Gasteiger partial charge on any atom is 0.276 e. The normalized spacial score (nSPS) is 12.9. The number of carbonyl (C=O) groups is 2. The quantitative estimate of drug-likeness (QED) is 0.769. The van der Waals surface area contributed by atoms with Crippen LogP contribution in [0.5, 0.6) is 5.75 Å². The van der Waals surface area contributed by atoms with Gasteiger partial charge in [-0.25, -0.2) is 4.98 Å². The fraction of sp³-hybridized carbons (Fsp3) is 0.0714. The van der Waals surface area contributed by atoms with Crippen LogP contribution >= 0.6 is 0 Å². The van der Waals surface area contributed by atoms with Crippen LogP contribution in [0.3, 0.4) is 0 Å². The third-order valence-corrected chi connectivity index (χ3v) is 2.93. The molecule has 4 N–H and O–H groups in total.